The maximum Gasteiger partial charge on any atom is 0.233 e. The minimum Gasteiger partial charge on any atom is -0.303 e. The van der Waals surface area contributed by atoms with E-state index in [4.69, 9.17) is 5.84 Å². The zero-order chi connectivity index (χ0) is 12.0. The molecule has 0 aliphatic carbocycles. The number of likely N-dealkylation sites (tertiary alicyclic amines) is 1. The predicted molar refractivity (Wildman–Crippen MR) is 65.6 cm³/mol. The van der Waals surface area contributed by atoms with Gasteiger partial charge in [0.2, 0.25) is 5.91 Å². The summed E-state index contributed by atoms with van der Waals surface area (Å²) in [5.41, 5.74) is 2.66. The van der Waals surface area contributed by atoms with E-state index >= 15 is 0 Å². The summed E-state index contributed by atoms with van der Waals surface area (Å²) >= 11 is 0. The van der Waals surface area contributed by atoms with Crippen LogP contribution in [0, 0.1) is 5.41 Å². The smallest absolute Gasteiger partial charge is 0.233 e. The summed E-state index contributed by atoms with van der Waals surface area (Å²) in [6.07, 6.45) is 5.29. The monoisotopic (exact) mass is 227 g/mol. The first-order valence-corrected chi connectivity index (χ1v) is 6.25. The van der Waals surface area contributed by atoms with Crippen LogP contribution < -0.4 is 11.3 Å². The molecule has 94 valence electrons. The highest BCUT2D eigenvalue weighted by molar-refractivity contribution is 5.75. The number of nitrogens with zero attached hydrogens (tertiary/aromatic N) is 1. The van der Waals surface area contributed by atoms with Crippen molar-refractivity contribution in [2.75, 3.05) is 19.6 Å². The number of hydrogen-bond acceptors (Lipinski definition) is 3. The Kier molecular flexibility index (Phi) is 5.22. The Morgan fingerprint density at radius 2 is 2.12 bits per heavy atom. The number of carbonyl (C=O) groups excluding carboxylic acids is 1. The van der Waals surface area contributed by atoms with Crippen molar-refractivity contribution in [2.24, 2.45) is 11.3 Å². The van der Waals surface area contributed by atoms with E-state index in [2.05, 4.69) is 24.2 Å². The second-order valence-corrected chi connectivity index (χ2v) is 5.53. The Morgan fingerprint density at radius 3 is 2.81 bits per heavy atom. The predicted octanol–water partition coefficient (Wildman–Crippen LogP) is 1.27. The fraction of sp³-hybridized carbons (Fsp3) is 0.917. The lowest BCUT2D eigenvalue weighted by molar-refractivity contribution is -0.121. The Morgan fingerprint density at radius 1 is 1.38 bits per heavy atom. The van der Waals surface area contributed by atoms with Gasteiger partial charge in [-0.3, -0.25) is 10.2 Å². The topological polar surface area (TPSA) is 58.4 Å². The average molecular weight is 227 g/mol. The highest BCUT2D eigenvalue weighted by atomic mass is 16.2. The molecule has 0 aromatic rings. The van der Waals surface area contributed by atoms with Gasteiger partial charge < -0.3 is 4.90 Å². The molecule has 1 rings (SSSR count). The summed E-state index contributed by atoms with van der Waals surface area (Å²) in [6, 6.07) is 0. The minimum atomic E-state index is -0.0600. The normalized spacial score (nSPS) is 21.4. The molecule has 1 aliphatic rings. The number of carbonyl (C=O) groups is 1. The Hall–Kier alpha value is -0.610. The van der Waals surface area contributed by atoms with E-state index in [9.17, 15) is 4.79 Å². The van der Waals surface area contributed by atoms with Crippen LogP contribution in [-0.2, 0) is 4.79 Å². The van der Waals surface area contributed by atoms with Crippen LogP contribution in [-0.4, -0.2) is 30.4 Å². The Bertz CT molecular complexity index is 228. The van der Waals surface area contributed by atoms with E-state index in [1.165, 1.54) is 25.8 Å². The molecule has 0 aromatic carbocycles. The summed E-state index contributed by atoms with van der Waals surface area (Å²) in [5.74, 6) is 4.98. The van der Waals surface area contributed by atoms with Crippen LogP contribution in [0.25, 0.3) is 0 Å². The van der Waals surface area contributed by atoms with Crippen molar-refractivity contribution in [3.8, 4) is 0 Å². The third-order valence-corrected chi connectivity index (χ3v) is 3.47. The van der Waals surface area contributed by atoms with Crippen molar-refractivity contribution >= 4 is 5.91 Å². The fourth-order valence-electron chi connectivity index (χ4n) is 2.24. The maximum absolute atomic E-state index is 11.0. The molecule has 0 atom stereocenters. The van der Waals surface area contributed by atoms with Gasteiger partial charge in [-0.25, -0.2) is 5.84 Å². The van der Waals surface area contributed by atoms with Crippen LogP contribution in [0.5, 0.6) is 0 Å². The molecule has 0 aromatic heterocycles. The molecule has 4 heteroatoms. The van der Waals surface area contributed by atoms with Gasteiger partial charge in [0, 0.05) is 6.42 Å². The molecule has 0 saturated carbocycles. The van der Waals surface area contributed by atoms with E-state index in [1.807, 2.05) is 0 Å². The van der Waals surface area contributed by atoms with Gasteiger partial charge >= 0.3 is 0 Å². The number of nitrogens with one attached hydrogen (secondary N) is 1. The van der Waals surface area contributed by atoms with Crippen LogP contribution in [0.15, 0.2) is 0 Å². The van der Waals surface area contributed by atoms with E-state index < -0.39 is 0 Å². The zero-order valence-corrected chi connectivity index (χ0v) is 10.6. The third-order valence-electron chi connectivity index (χ3n) is 3.47. The van der Waals surface area contributed by atoms with Crippen LogP contribution in [0.4, 0.5) is 0 Å². The van der Waals surface area contributed by atoms with E-state index in [-0.39, 0.29) is 5.91 Å². The molecule has 16 heavy (non-hydrogen) atoms. The second kappa shape index (κ2) is 6.21. The Labute approximate surface area is 98.5 Å². The third kappa shape index (κ3) is 4.94. The molecule has 3 N–H and O–H groups in total. The molecule has 0 unspecified atom stereocenters. The number of amides is 1. The number of hydrazine groups is 1. The summed E-state index contributed by atoms with van der Waals surface area (Å²) in [7, 11) is 0. The van der Waals surface area contributed by atoms with Gasteiger partial charge in [-0.2, -0.15) is 0 Å². The molecule has 0 spiro atoms. The molecular weight excluding hydrogens is 202 g/mol. The fourth-order valence-corrected chi connectivity index (χ4v) is 2.24. The van der Waals surface area contributed by atoms with Gasteiger partial charge in [-0.15, -0.1) is 0 Å². The van der Waals surface area contributed by atoms with Crippen molar-refractivity contribution in [1.29, 1.82) is 0 Å². The highest BCUT2D eigenvalue weighted by Gasteiger charge is 2.22. The van der Waals surface area contributed by atoms with E-state index in [0.717, 1.165) is 19.5 Å². The molecule has 1 aliphatic heterocycles. The maximum atomic E-state index is 11.0. The van der Waals surface area contributed by atoms with E-state index in [1.54, 1.807) is 0 Å². The van der Waals surface area contributed by atoms with E-state index in [0.29, 0.717) is 11.8 Å². The zero-order valence-electron chi connectivity index (χ0n) is 10.6. The van der Waals surface area contributed by atoms with Gasteiger partial charge in [0.25, 0.3) is 0 Å². The molecule has 1 fully saturated rings. The van der Waals surface area contributed by atoms with Crippen molar-refractivity contribution < 1.29 is 4.79 Å². The van der Waals surface area contributed by atoms with Gasteiger partial charge in [-0.1, -0.05) is 13.8 Å². The lowest BCUT2D eigenvalue weighted by atomic mass is 9.85. The van der Waals surface area contributed by atoms with Crippen LogP contribution >= 0.6 is 0 Å². The summed E-state index contributed by atoms with van der Waals surface area (Å²) < 4.78 is 0. The summed E-state index contributed by atoms with van der Waals surface area (Å²) in [6.45, 7) is 8.05. The first-order chi connectivity index (χ1) is 7.53. The number of hydrogen-bond donors (Lipinski definition) is 2. The molecule has 0 bridgehead atoms. The van der Waals surface area contributed by atoms with Crippen molar-refractivity contribution in [2.45, 2.75) is 46.0 Å². The second-order valence-electron chi connectivity index (χ2n) is 5.53. The van der Waals surface area contributed by atoms with Crippen molar-refractivity contribution in [1.82, 2.24) is 10.3 Å². The van der Waals surface area contributed by atoms with Gasteiger partial charge in [0.05, 0.1) is 0 Å². The number of nitrogens with two attached hydrogens (primary N) is 1. The largest absolute Gasteiger partial charge is 0.303 e. The van der Waals surface area contributed by atoms with Crippen molar-refractivity contribution in [3.63, 3.8) is 0 Å². The number of rotatable bonds is 4. The van der Waals surface area contributed by atoms with Gasteiger partial charge in [-0.05, 0) is 50.7 Å². The standard InChI is InChI=1S/C12H25N3O/c1-12(2)6-4-9-15(10-7-12)8-3-5-11(16)14-13/h3-10,13H2,1-2H3,(H,14,16). The van der Waals surface area contributed by atoms with Crippen LogP contribution in [0.3, 0.4) is 0 Å². The molecule has 4 nitrogen and oxygen atoms in total. The van der Waals surface area contributed by atoms with Gasteiger partial charge in [0.1, 0.15) is 0 Å². The summed E-state index contributed by atoms with van der Waals surface area (Å²) in [5, 5.41) is 0. The first-order valence-electron chi connectivity index (χ1n) is 6.25. The van der Waals surface area contributed by atoms with Crippen molar-refractivity contribution in [3.05, 3.63) is 0 Å². The summed E-state index contributed by atoms with van der Waals surface area (Å²) in [4.78, 5) is 13.4. The average Bonchev–Trinajstić information content (AvgIpc) is 2.40. The minimum absolute atomic E-state index is 0.0600. The van der Waals surface area contributed by atoms with Crippen LogP contribution in [0.1, 0.15) is 46.0 Å². The SMILES string of the molecule is CC1(C)CCCN(CCCC(=O)NN)CC1. The lowest BCUT2D eigenvalue weighted by Crippen LogP contribution is -2.31. The first kappa shape index (κ1) is 13.5. The quantitative estimate of drug-likeness (QED) is 0.432. The highest BCUT2D eigenvalue weighted by Crippen LogP contribution is 2.29. The molecule has 1 amide bonds. The molecular formula is C12H25N3O. The lowest BCUT2D eigenvalue weighted by Gasteiger charge is -2.23. The molecule has 1 saturated heterocycles. The molecule has 1 heterocycles. The van der Waals surface area contributed by atoms with Gasteiger partial charge in [0.15, 0.2) is 0 Å². The Balaban J connectivity index is 2.20. The van der Waals surface area contributed by atoms with Crippen LogP contribution in [0.2, 0.25) is 0 Å². The molecule has 0 radical (unpaired) electrons.